The molecule has 9 aromatic rings. The number of hydrogen-bond donors (Lipinski definition) is 0. The van der Waals surface area contributed by atoms with E-state index in [1.54, 1.807) is 0 Å². The van der Waals surface area contributed by atoms with E-state index in [1.807, 2.05) is 0 Å². The lowest BCUT2D eigenvalue weighted by molar-refractivity contribution is 0.588. The Labute approximate surface area is 468 Å². The summed E-state index contributed by atoms with van der Waals surface area (Å²) in [6.45, 7) is 30.1. The Morgan fingerprint density at radius 2 is 0.641 bits per heavy atom. The first-order valence-corrected chi connectivity index (χ1v) is 29.0. The highest BCUT2D eigenvalue weighted by Crippen LogP contribution is 2.60. The van der Waals surface area contributed by atoms with Crippen molar-refractivity contribution in [2.75, 3.05) is 4.90 Å². The average Bonchev–Trinajstić information content (AvgIpc) is 3.48. The van der Waals surface area contributed by atoms with Crippen molar-refractivity contribution in [2.45, 2.75) is 148 Å². The first kappa shape index (κ1) is 52.8. The Balaban J connectivity index is 1.19. The molecule has 2 aliphatic carbocycles. The number of fused-ring (bicyclic) bond motifs is 6. The van der Waals surface area contributed by atoms with E-state index < -0.39 is 10.8 Å². The summed E-state index contributed by atoms with van der Waals surface area (Å²) in [7, 11) is 0. The number of aryl methyl sites for hydroxylation is 1. The molecule has 11 rings (SSSR count). The second kappa shape index (κ2) is 19.6. The lowest BCUT2D eigenvalue weighted by atomic mass is 9.66. The Hall–Kier alpha value is -7.22. The third kappa shape index (κ3) is 8.96. The molecule has 1 heteroatoms. The van der Waals surface area contributed by atoms with E-state index in [2.05, 4.69) is 301 Å². The van der Waals surface area contributed by atoms with Gasteiger partial charge >= 0.3 is 0 Å². The summed E-state index contributed by atoms with van der Waals surface area (Å²) in [5.74, 6) is 0. The van der Waals surface area contributed by atoms with Crippen molar-refractivity contribution >= 4 is 17.1 Å². The van der Waals surface area contributed by atoms with Gasteiger partial charge in [-0.05, 0) is 165 Å². The van der Waals surface area contributed by atoms with Crippen LogP contribution in [0.5, 0.6) is 0 Å². The number of benzene rings is 9. The first-order valence-electron chi connectivity index (χ1n) is 29.0. The lowest BCUT2D eigenvalue weighted by Gasteiger charge is -2.36. The fourth-order valence-electron chi connectivity index (χ4n) is 13.1. The molecule has 394 valence electrons. The molecule has 78 heavy (non-hydrogen) atoms. The van der Waals surface area contributed by atoms with Crippen LogP contribution in [0.25, 0.3) is 22.3 Å². The highest BCUT2D eigenvalue weighted by atomic mass is 15.1. The van der Waals surface area contributed by atoms with Gasteiger partial charge in [0.1, 0.15) is 0 Å². The van der Waals surface area contributed by atoms with Gasteiger partial charge in [-0.25, -0.2) is 0 Å². The Kier molecular flexibility index (Phi) is 13.3. The molecule has 0 amide bonds. The van der Waals surface area contributed by atoms with Gasteiger partial charge in [0.25, 0.3) is 0 Å². The second-order valence-corrected chi connectivity index (χ2v) is 26.8. The maximum atomic E-state index is 2.57. The van der Waals surface area contributed by atoms with Gasteiger partial charge in [0, 0.05) is 17.1 Å². The van der Waals surface area contributed by atoms with E-state index in [0.29, 0.717) is 0 Å². The standard InChI is InChI=1S/C77H81N/c1-14-15-16-22-52-23-21-24-61(49-52)78(62-45-47-66-64-25-17-19-27-68(64)76(70(66)50-62,57-37-29-53(30-38-57)72(2,3)4)58-39-31-54(32-40-58)73(5,6)7)63-46-48-67-65-26-18-20-28-69(65)77(71(67)51-63,59-41-33-55(34-42-59)74(8,9)10)60-43-35-56(36-44-60)75(11,12)13/h17-21,23-51H,14-16,22H2,1-13H3. The summed E-state index contributed by atoms with van der Waals surface area (Å²) in [5, 5.41) is 0. The van der Waals surface area contributed by atoms with Crippen LogP contribution in [0.15, 0.2) is 206 Å². The monoisotopic (exact) mass is 1020 g/mol. The second-order valence-electron chi connectivity index (χ2n) is 26.8. The Morgan fingerprint density at radius 3 is 0.987 bits per heavy atom. The minimum atomic E-state index is -0.588. The topological polar surface area (TPSA) is 3.24 Å². The molecule has 0 saturated carbocycles. The van der Waals surface area contributed by atoms with Crippen molar-refractivity contribution in [2.24, 2.45) is 0 Å². The van der Waals surface area contributed by atoms with Gasteiger partial charge in [-0.15, -0.1) is 0 Å². The maximum Gasteiger partial charge on any atom is 0.0714 e. The van der Waals surface area contributed by atoms with Crippen LogP contribution in [-0.2, 0) is 38.9 Å². The van der Waals surface area contributed by atoms with E-state index in [4.69, 9.17) is 0 Å². The molecule has 0 unspecified atom stereocenters. The molecule has 0 bridgehead atoms. The highest BCUT2D eigenvalue weighted by Gasteiger charge is 2.49. The normalized spacial score (nSPS) is 14.4. The van der Waals surface area contributed by atoms with Crippen molar-refractivity contribution < 1.29 is 0 Å². The molecule has 0 atom stereocenters. The number of rotatable bonds is 11. The van der Waals surface area contributed by atoms with Crippen LogP contribution < -0.4 is 4.90 Å². The molecule has 0 fully saturated rings. The zero-order chi connectivity index (χ0) is 55.0. The Bertz CT molecular complexity index is 3300. The van der Waals surface area contributed by atoms with E-state index in [-0.39, 0.29) is 21.7 Å². The maximum absolute atomic E-state index is 2.57. The fraction of sp³-hybridized carbons (Fsp3) is 0.299. The zero-order valence-corrected chi connectivity index (χ0v) is 48.9. The molecule has 0 radical (unpaired) electrons. The van der Waals surface area contributed by atoms with E-state index >= 15 is 0 Å². The van der Waals surface area contributed by atoms with Gasteiger partial charge < -0.3 is 4.90 Å². The molecule has 0 N–H and O–H groups in total. The molecule has 1 nitrogen and oxygen atoms in total. The van der Waals surface area contributed by atoms with Gasteiger partial charge in [-0.1, -0.05) is 273 Å². The molecule has 0 aliphatic heterocycles. The number of anilines is 3. The third-order valence-corrected chi connectivity index (χ3v) is 17.5. The molecular formula is C77H81N. The summed E-state index contributed by atoms with van der Waals surface area (Å²) in [6, 6.07) is 81.0. The van der Waals surface area contributed by atoms with E-state index in [0.717, 1.165) is 17.8 Å². The van der Waals surface area contributed by atoms with Crippen LogP contribution in [0.4, 0.5) is 17.1 Å². The van der Waals surface area contributed by atoms with Crippen LogP contribution in [0, 0.1) is 0 Å². The van der Waals surface area contributed by atoms with Crippen molar-refractivity contribution in [1.29, 1.82) is 0 Å². The average molecular weight is 1020 g/mol. The summed E-state index contributed by atoms with van der Waals surface area (Å²) in [6.07, 6.45) is 4.63. The van der Waals surface area contributed by atoms with Gasteiger partial charge in [0.2, 0.25) is 0 Å². The van der Waals surface area contributed by atoms with Crippen molar-refractivity contribution in [3.8, 4) is 22.3 Å². The quantitative estimate of drug-likeness (QED) is 0.117. The van der Waals surface area contributed by atoms with Crippen molar-refractivity contribution in [1.82, 2.24) is 0 Å². The van der Waals surface area contributed by atoms with Crippen molar-refractivity contribution in [3.63, 3.8) is 0 Å². The summed E-state index contributed by atoms with van der Waals surface area (Å²) < 4.78 is 0. The summed E-state index contributed by atoms with van der Waals surface area (Å²) in [5.41, 5.74) is 24.6. The molecule has 0 spiro atoms. The SMILES string of the molecule is CCCCCc1cccc(N(c2ccc3c(c2)C(c2ccc(C(C)(C)C)cc2)(c2ccc(C(C)(C)C)cc2)c2ccccc2-3)c2ccc3c(c2)C(c2ccc(C(C)(C)C)cc2)(c2ccc(C(C)(C)C)cc2)c2ccccc2-3)c1. The minimum Gasteiger partial charge on any atom is -0.310 e. The largest absolute Gasteiger partial charge is 0.310 e. The minimum absolute atomic E-state index is 0.0187. The summed E-state index contributed by atoms with van der Waals surface area (Å²) in [4.78, 5) is 2.57. The van der Waals surface area contributed by atoms with Crippen molar-refractivity contribution in [3.05, 3.63) is 279 Å². The third-order valence-electron chi connectivity index (χ3n) is 17.5. The molecule has 9 aromatic carbocycles. The van der Waals surface area contributed by atoms with Crippen LogP contribution in [-0.4, -0.2) is 0 Å². The fourth-order valence-corrected chi connectivity index (χ4v) is 13.1. The highest BCUT2D eigenvalue weighted by molar-refractivity contribution is 5.92. The predicted molar refractivity (Wildman–Crippen MR) is 334 cm³/mol. The van der Waals surface area contributed by atoms with Gasteiger partial charge in [0.15, 0.2) is 0 Å². The first-order chi connectivity index (χ1) is 37.1. The Morgan fingerprint density at radius 1 is 0.308 bits per heavy atom. The number of hydrogen-bond acceptors (Lipinski definition) is 1. The van der Waals surface area contributed by atoms with E-state index in [9.17, 15) is 0 Å². The lowest BCUT2D eigenvalue weighted by Crippen LogP contribution is -2.29. The van der Waals surface area contributed by atoms with E-state index in [1.165, 1.54) is 120 Å². The van der Waals surface area contributed by atoms with Gasteiger partial charge in [0.05, 0.1) is 10.8 Å². The molecule has 2 aliphatic rings. The van der Waals surface area contributed by atoms with Gasteiger partial charge in [-0.2, -0.15) is 0 Å². The predicted octanol–water partition coefficient (Wildman–Crippen LogP) is 20.8. The van der Waals surface area contributed by atoms with Gasteiger partial charge in [-0.3, -0.25) is 0 Å². The zero-order valence-electron chi connectivity index (χ0n) is 48.9. The van der Waals surface area contributed by atoms with Crippen LogP contribution in [0.2, 0.25) is 0 Å². The number of unbranched alkanes of at least 4 members (excludes halogenated alkanes) is 2. The van der Waals surface area contributed by atoms with Crippen LogP contribution in [0.1, 0.15) is 182 Å². The molecule has 0 saturated heterocycles. The molecule has 0 aromatic heterocycles. The smallest absolute Gasteiger partial charge is 0.0714 e. The van der Waals surface area contributed by atoms with Crippen LogP contribution >= 0.6 is 0 Å². The number of nitrogens with zero attached hydrogens (tertiary/aromatic N) is 1. The molecule has 0 heterocycles. The molecular weight excluding hydrogens is 939 g/mol. The summed E-state index contributed by atoms with van der Waals surface area (Å²) >= 11 is 0. The van der Waals surface area contributed by atoms with Crippen LogP contribution in [0.3, 0.4) is 0 Å².